The molecule has 42 heavy (non-hydrogen) atoms. The van der Waals surface area contributed by atoms with E-state index in [1.807, 2.05) is 4.90 Å². The molecule has 1 aromatic heterocycles. The van der Waals surface area contributed by atoms with E-state index in [-0.39, 0.29) is 24.2 Å². The van der Waals surface area contributed by atoms with Gasteiger partial charge < -0.3 is 29.2 Å². The standard InChI is InChI=1S/C33H48N4O5/c1-23-10-12-26(13-11-23)28-9-5-8-27(42-28)20-34-32-31(40-3)30(35-22-36-32)33(38)37-17-14-24(15-18-37)6-4-7-25-16-19-41-21-29(25)39-2/h10-13,22,24-25,27-29H,4-9,14-21H2,1-3H3,(H,34,35,36)/t25-,27+,28-,29+/m0/s1. The molecule has 230 valence electrons. The minimum absolute atomic E-state index is 0.0507. The summed E-state index contributed by atoms with van der Waals surface area (Å²) in [5.41, 5.74) is 2.79. The van der Waals surface area contributed by atoms with Crippen molar-refractivity contribution in [3.63, 3.8) is 0 Å². The van der Waals surface area contributed by atoms with Gasteiger partial charge in [0.2, 0.25) is 0 Å². The first-order valence-electron chi connectivity index (χ1n) is 15.8. The number of anilines is 1. The van der Waals surface area contributed by atoms with Crippen molar-refractivity contribution in [1.29, 1.82) is 0 Å². The number of ether oxygens (including phenoxy) is 4. The van der Waals surface area contributed by atoms with Crippen molar-refractivity contribution in [3.05, 3.63) is 47.4 Å². The summed E-state index contributed by atoms with van der Waals surface area (Å²) in [4.78, 5) is 24.2. The highest BCUT2D eigenvalue weighted by atomic mass is 16.5. The van der Waals surface area contributed by atoms with Crippen LogP contribution in [0.4, 0.5) is 5.82 Å². The number of carbonyl (C=O) groups is 1. The van der Waals surface area contributed by atoms with Crippen molar-refractivity contribution in [2.75, 3.05) is 52.4 Å². The molecular weight excluding hydrogens is 532 g/mol. The van der Waals surface area contributed by atoms with Gasteiger partial charge in [-0.15, -0.1) is 0 Å². The van der Waals surface area contributed by atoms with Gasteiger partial charge in [-0.2, -0.15) is 0 Å². The second-order valence-electron chi connectivity index (χ2n) is 12.1. The van der Waals surface area contributed by atoms with Crippen molar-refractivity contribution >= 4 is 11.7 Å². The fourth-order valence-corrected chi connectivity index (χ4v) is 6.72. The molecule has 3 fully saturated rings. The quantitative estimate of drug-likeness (QED) is 0.368. The predicted molar refractivity (Wildman–Crippen MR) is 162 cm³/mol. The second-order valence-corrected chi connectivity index (χ2v) is 12.1. The third kappa shape index (κ3) is 7.79. The maximum absolute atomic E-state index is 13.5. The van der Waals surface area contributed by atoms with E-state index in [1.54, 1.807) is 14.2 Å². The first kappa shape index (κ1) is 30.7. The fourth-order valence-electron chi connectivity index (χ4n) is 6.72. The molecule has 1 aromatic carbocycles. The summed E-state index contributed by atoms with van der Waals surface area (Å²) in [6, 6.07) is 8.60. The van der Waals surface area contributed by atoms with Crippen LogP contribution in [0.2, 0.25) is 0 Å². The van der Waals surface area contributed by atoms with Crippen LogP contribution in [0.5, 0.6) is 5.75 Å². The number of aromatic nitrogens is 2. The molecule has 0 saturated carbocycles. The van der Waals surface area contributed by atoms with E-state index in [4.69, 9.17) is 18.9 Å². The fraction of sp³-hybridized carbons (Fsp3) is 0.667. The van der Waals surface area contributed by atoms with Crippen molar-refractivity contribution in [1.82, 2.24) is 14.9 Å². The first-order valence-corrected chi connectivity index (χ1v) is 15.8. The van der Waals surface area contributed by atoms with Gasteiger partial charge in [0.15, 0.2) is 17.3 Å². The monoisotopic (exact) mass is 580 g/mol. The molecule has 0 aliphatic carbocycles. The summed E-state index contributed by atoms with van der Waals surface area (Å²) in [6.07, 6.45) is 11.7. The Kier molecular flexibility index (Phi) is 11.1. The maximum Gasteiger partial charge on any atom is 0.276 e. The van der Waals surface area contributed by atoms with Crippen LogP contribution in [0, 0.1) is 18.8 Å². The van der Waals surface area contributed by atoms with Gasteiger partial charge in [0, 0.05) is 33.4 Å². The van der Waals surface area contributed by atoms with E-state index in [0.29, 0.717) is 42.2 Å². The zero-order valence-electron chi connectivity index (χ0n) is 25.6. The van der Waals surface area contributed by atoms with Crippen molar-refractivity contribution in [3.8, 4) is 5.75 Å². The Balaban J connectivity index is 1.11. The number of benzene rings is 1. The lowest BCUT2D eigenvalue weighted by Crippen LogP contribution is -2.39. The van der Waals surface area contributed by atoms with Gasteiger partial charge >= 0.3 is 0 Å². The van der Waals surface area contributed by atoms with E-state index in [1.165, 1.54) is 36.7 Å². The Hall–Kier alpha value is -2.75. The molecule has 3 saturated heterocycles. The third-order valence-corrected chi connectivity index (χ3v) is 9.34. The molecule has 5 rings (SSSR count). The lowest BCUT2D eigenvalue weighted by Gasteiger charge is -2.33. The topological polar surface area (TPSA) is 95.0 Å². The third-order valence-electron chi connectivity index (χ3n) is 9.34. The normalized spacial score (nSPS) is 25.3. The number of piperidine rings is 1. The SMILES string of the molecule is COc1c(NC[C@H]2CCC[C@@H](c3ccc(C)cc3)O2)ncnc1C(=O)N1CCC(CCC[C@H]2CCOC[C@H]2OC)CC1. The van der Waals surface area contributed by atoms with Crippen molar-refractivity contribution < 1.29 is 23.7 Å². The van der Waals surface area contributed by atoms with Crippen LogP contribution in [-0.2, 0) is 14.2 Å². The molecular formula is C33H48N4O5. The lowest BCUT2D eigenvalue weighted by molar-refractivity contribution is -0.0680. The first-order chi connectivity index (χ1) is 20.6. The summed E-state index contributed by atoms with van der Waals surface area (Å²) >= 11 is 0. The number of nitrogens with one attached hydrogen (secondary N) is 1. The average molecular weight is 581 g/mol. The van der Waals surface area contributed by atoms with Gasteiger partial charge in [-0.3, -0.25) is 4.79 Å². The molecule has 4 atom stereocenters. The molecule has 4 heterocycles. The van der Waals surface area contributed by atoms with Crippen LogP contribution in [0.25, 0.3) is 0 Å². The number of nitrogens with zero attached hydrogens (tertiary/aromatic N) is 3. The van der Waals surface area contributed by atoms with Gasteiger partial charge in [0.25, 0.3) is 5.91 Å². The number of amides is 1. The van der Waals surface area contributed by atoms with E-state index in [2.05, 4.69) is 46.5 Å². The van der Waals surface area contributed by atoms with E-state index in [9.17, 15) is 4.79 Å². The summed E-state index contributed by atoms with van der Waals surface area (Å²) in [7, 11) is 3.36. The number of carbonyl (C=O) groups excluding carboxylic acids is 1. The van der Waals surface area contributed by atoms with Gasteiger partial charge in [0.1, 0.15) is 6.33 Å². The molecule has 0 radical (unpaired) electrons. The van der Waals surface area contributed by atoms with E-state index in [0.717, 1.165) is 58.2 Å². The highest BCUT2D eigenvalue weighted by molar-refractivity contribution is 5.96. The number of aryl methyl sites for hydroxylation is 1. The Morgan fingerprint density at radius 1 is 1.05 bits per heavy atom. The van der Waals surface area contributed by atoms with Gasteiger partial charge in [-0.05, 0) is 69.3 Å². The summed E-state index contributed by atoms with van der Waals surface area (Å²) < 4.78 is 23.3. The molecule has 9 heteroatoms. The van der Waals surface area contributed by atoms with Crippen LogP contribution in [0.1, 0.15) is 85.5 Å². The molecule has 0 bridgehead atoms. The lowest BCUT2D eigenvalue weighted by atomic mass is 9.86. The van der Waals surface area contributed by atoms with E-state index < -0.39 is 0 Å². The summed E-state index contributed by atoms with van der Waals surface area (Å²) in [5.74, 6) is 2.10. The van der Waals surface area contributed by atoms with Gasteiger partial charge in [0.05, 0.1) is 32.0 Å². The van der Waals surface area contributed by atoms with Crippen LogP contribution in [0.15, 0.2) is 30.6 Å². The average Bonchev–Trinajstić information content (AvgIpc) is 3.04. The Bertz CT molecular complexity index is 1140. The Labute approximate surface area is 250 Å². The number of hydrogen-bond donors (Lipinski definition) is 1. The molecule has 0 unspecified atom stereocenters. The molecule has 2 aromatic rings. The number of likely N-dealkylation sites (tertiary alicyclic amines) is 1. The van der Waals surface area contributed by atoms with Crippen LogP contribution in [-0.4, -0.2) is 80.1 Å². The van der Waals surface area contributed by atoms with E-state index >= 15 is 0 Å². The summed E-state index contributed by atoms with van der Waals surface area (Å²) in [5, 5.41) is 3.39. The van der Waals surface area contributed by atoms with Crippen molar-refractivity contribution in [2.45, 2.75) is 83.0 Å². The zero-order chi connectivity index (χ0) is 29.3. The van der Waals surface area contributed by atoms with Crippen LogP contribution < -0.4 is 10.1 Å². The Morgan fingerprint density at radius 3 is 2.62 bits per heavy atom. The molecule has 0 spiro atoms. The minimum Gasteiger partial charge on any atom is -0.491 e. The maximum atomic E-state index is 13.5. The predicted octanol–water partition coefficient (Wildman–Crippen LogP) is 5.59. The molecule has 1 N–H and O–H groups in total. The minimum atomic E-state index is -0.0887. The molecule has 1 amide bonds. The van der Waals surface area contributed by atoms with Crippen molar-refractivity contribution in [2.24, 2.45) is 11.8 Å². The smallest absolute Gasteiger partial charge is 0.276 e. The second kappa shape index (κ2) is 15.1. The van der Waals surface area contributed by atoms with Gasteiger partial charge in [-0.1, -0.05) is 42.7 Å². The highest BCUT2D eigenvalue weighted by Gasteiger charge is 2.30. The van der Waals surface area contributed by atoms with Crippen LogP contribution >= 0.6 is 0 Å². The zero-order valence-corrected chi connectivity index (χ0v) is 25.6. The largest absolute Gasteiger partial charge is 0.491 e. The molecule has 3 aliphatic rings. The molecule has 9 nitrogen and oxygen atoms in total. The number of hydrogen-bond acceptors (Lipinski definition) is 8. The Morgan fingerprint density at radius 2 is 1.86 bits per heavy atom. The van der Waals surface area contributed by atoms with Gasteiger partial charge in [-0.25, -0.2) is 9.97 Å². The number of rotatable bonds is 11. The molecule has 3 aliphatic heterocycles. The highest BCUT2D eigenvalue weighted by Crippen LogP contribution is 2.33. The van der Waals surface area contributed by atoms with Crippen LogP contribution in [0.3, 0.4) is 0 Å². The number of methoxy groups -OCH3 is 2. The summed E-state index contributed by atoms with van der Waals surface area (Å²) in [6.45, 7) is 5.74.